The summed E-state index contributed by atoms with van der Waals surface area (Å²) in [4.78, 5) is 36.4. The summed E-state index contributed by atoms with van der Waals surface area (Å²) in [5.74, 6) is -0.709. The van der Waals surface area contributed by atoms with E-state index in [9.17, 15) is 14.4 Å². The van der Waals surface area contributed by atoms with Gasteiger partial charge in [0.25, 0.3) is 11.5 Å². The van der Waals surface area contributed by atoms with E-state index in [1.165, 1.54) is 10.6 Å². The fourth-order valence-corrected chi connectivity index (χ4v) is 2.98. The van der Waals surface area contributed by atoms with Crippen LogP contribution in [0.25, 0.3) is 0 Å². The number of benzene rings is 2. The van der Waals surface area contributed by atoms with E-state index in [1.54, 1.807) is 54.7 Å². The van der Waals surface area contributed by atoms with Gasteiger partial charge in [-0.25, -0.2) is 0 Å². The highest BCUT2D eigenvalue weighted by atomic mass is 35.5. The molecular weight excluding hydrogens is 413 g/mol. The Balaban J connectivity index is 1.64. The van der Waals surface area contributed by atoms with Crippen LogP contribution >= 0.6 is 23.2 Å². The molecule has 29 heavy (non-hydrogen) atoms. The van der Waals surface area contributed by atoms with E-state index in [1.807, 2.05) is 6.92 Å². The SMILES string of the molecule is Cc1ccc(=O)n(CC(=O)Nc2ccc(C(=O)Nc3cccc(Cl)c3Cl)cc2)c1. The second-order valence-electron chi connectivity index (χ2n) is 6.35. The van der Waals surface area contributed by atoms with Crippen molar-refractivity contribution in [2.75, 3.05) is 10.6 Å². The molecule has 2 amide bonds. The van der Waals surface area contributed by atoms with Gasteiger partial charge in [0.2, 0.25) is 5.91 Å². The number of amides is 2. The predicted octanol–water partition coefficient (Wildman–Crippen LogP) is 4.35. The number of nitrogens with zero attached hydrogens (tertiary/aromatic N) is 1. The number of carbonyl (C=O) groups excluding carboxylic acids is 2. The van der Waals surface area contributed by atoms with Crippen molar-refractivity contribution in [1.29, 1.82) is 0 Å². The Morgan fingerprint density at radius 1 is 0.966 bits per heavy atom. The fraction of sp³-hybridized carbons (Fsp3) is 0.0952. The standard InChI is InChI=1S/C21H17Cl2N3O3/c1-13-5-10-19(28)26(11-13)12-18(27)24-15-8-6-14(7-9-15)21(29)25-17-4-2-3-16(22)20(17)23/h2-11H,12H2,1H3,(H,24,27)(H,25,29). The third-order valence-electron chi connectivity index (χ3n) is 4.08. The molecule has 0 saturated heterocycles. The molecule has 1 aromatic heterocycles. The number of rotatable bonds is 5. The van der Waals surface area contributed by atoms with Gasteiger partial charge in [-0.2, -0.15) is 0 Å². The Morgan fingerprint density at radius 3 is 2.41 bits per heavy atom. The second kappa shape index (κ2) is 8.94. The highest BCUT2D eigenvalue weighted by Gasteiger charge is 2.11. The first-order chi connectivity index (χ1) is 13.8. The van der Waals surface area contributed by atoms with Crippen LogP contribution in [0, 0.1) is 6.92 Å². The number of carbonyl (C=O) groups is 2. The molecule has 0 aliphatic heterocycles. The molecule has 148 valence electrons. The van der Waals surface area contributed by atoms with Crippen LogP contribution < -0.4 is 16.2 Å². The minimum atomic E-state index is -0.363. The molecule has 0 saturated carbocycles. The summed E-state index contributed by atoms with van der Waals surface area (Å²) >= 11 is 12.0. The Morgan fingerprint density at radius 2 is 1.69 bits per heavy atom. The van der Waals surface area contributed by atoms with Crippen molar-refractivity contribution in [3.63, 3.8) is 0 Å². The van der Waals surface area contributed by atoms with E-state index in [0.717, 1.165) is 5.56 Å². The minimum absolute atomic E-state index is 0.101. The molecule has 0 unspecified atom stereocenters. The summed E-state index contributed by atoms with van der Waals surface area (Å²) in [5.41, 5.74) is 1.93. The predicted molar refractivity (Wildman–Crippen MR) is 115 cm³/mol. The smallest absolute Gasteiger partial charge is 0.255 e. The van der Waals surface area contributed by atoms with Crippen LogP contribution in [0.5, 0.6) is 0 Å². The Bertz CT molecular complexity index is 1120. The summed E-state index contributed by atoms with van der Waals surface area (Å²) in [5, 5.41) is 6.00. The zero-order valence-electron chi connectivity index (χ0n) is 15.4. The Hall–Kier alpha value is -3.09. The number of aromatic nitrogens is 1. The lowest BCUT2D eigenvalue weighted by molar-refractivity contribution is -0.116. The molecule has 2 aromatic carbocycles. The van der Waals surface area contributed by atoms with Crippen molar-refractivity contribution in [1.82, 2.24) is 4.57 Å². The number of hydrogen-bond acceptors (Lipinski definition) is 3. The molecule has 6 nitrogen and oxygen atoms in total. The van der Waals surface area contributed by atoms with Crippen LogP contribution in [-0.4, -0.2) is 16.4 Å². The van der Waals surface area contributed by atoms with Crippen molar-refractivity contribution in [2.24, 2.45) is 0 Å². The maximum atomic E-state index is 12.4. The number of anilines is 2. The molecule has 3 rings (SSSR count). The van der Waals surface area contributed by atoms with Crippen molar-refractivity contribution in [3.8, 4) is 0 Å². The quantitative estimate of drug-likeness (QED) is 0.632. The molecule has 0 fully saturated rings. The molecule has 0 aliphatic carbocycles. The number of hydrogen-bond donors (Lipinski definition) is 2. The normalized spacial score (nSPS) is 10.4. The Labute approximate surface area is 177 Å². The number of aryl methyl sites for hydroxylation is 1. The van der Waals surface area contributed by atoms with E-state index in [2.05, 4.69) is 10.6 Å². The summed E-state index contributed by atoms with van der Waals surface area (Å²) < 4.78 is 1.33. The van der Waals surface area contributed by atoms with Crippen LogP contribution in [0.1, 0.15) is 15.9 Å². The van der Waals surface area contributed by atoms with E-state index < -0.39 is 0 Å². The number of nitrogens with one attached hydrogen (secondary N) is 2. The molecule has 1 heterocycles. The van der Waals surface area contributed by atoms with E-state index in [4.69, 9.17) is 23.2 Å². The maximum absolute atomic E-state index is 12.4. The molecule has 0 spiro atoms. The van der Waals surface area contributed by atoms with Crippen molar-refractivity contribution < 1.29 is 9.59 Å². The molecule has 0 atom stereocenters. The van der Waals surface area contributed by atoms with Crippen LogP contribution in [-0.2, 0) is 11.3 Å². The minimum Gasteiger partial charge on any atom is -0.325 e. The average molecular weight is 430 g/mol. The third-order valence-corrected chi connectivity index (χ3v) is 4.89. The molecule has 2 N–H and O–H groups in total. The third kappa shape index (κ3) is 5.25. The van der Waals surface area contributed by atoms with Gasteiger partial charge in [-0.3, -0.25) is 14.4 Å². The first-order valence-electron chi connectivity index (χ1n) is 8.66. The molecule has 3 aromatic rings. The molecule has 0 aliphatic rings. The molecule has 8 heteroatoms. The summed E-state index contributed by atoms with van der Waals surface area (Å²) in [7, 11) is 0. The van der Waals surface area contributed by atoms with Crippen LogP contribution in [0.4, 0.5) is 11.4 Å². The molecule has 0 radical (unpaired) electrons. The summed E-state index contributed by atoms with van der Waals surface area (Å²) in [6, 6.07) is 14.4. The van der Waals surface area contributed by atoms with Gasteiger partial charge in [-0.1, -0.05) is 35.3 Å². The van der Waals surface area contributed by atoms with Crippen molar-refractivity contribution in [3.05, 3.63) is 92.3 Å². The van der Waals surface area contributed by atoms with Crippen molar-refractivity contribution in [2.45, 2.75) is 13.5 Å². The van der Waals surface area contributed by atoms with Crippen LogP contribution in [0.15, 0.2) is 65.6 Å². The van der Waals surface area contributed by atoms with Gasteiger partial charge in [-0.15, -0.1) is 0 Å². The zero-order chi connectivity index (χ0) is 21.0. The Kier molecular flexibility index (Phi) is 6.36. The largest absolute Gasteiger partial charge is 0.325 e. The van der Waals surface area contributed by atoms with Gasteiger partial charge in [0.1, 0.15) is 6.54 Å². The highest BCUT2D eigenvalue weighted by molar-refractivity contribution is 6.44. The van der Waals surface area contributed by atoms with Gasteiger partial charge in [0.15, 0.2) is 0 Å². The highest BCUT2D eigenvalue weighted by Crippen LogP contribution is 2.29. The first kappa shape index (κ1) is 20.6. The van der Waals surface area contributed by atoms with Gasteiger partial charge in [-0.05, 0) is 48.9 Å². The van der Waals surface area contributed by atoms with Gasteiger partial charge < -0.3 is 15.2 Å². The van der Waals surface area contributed by atoms with Crippen LogP contribution in [0.3, 0.4) is 0 Å². The lowest BCUT2D eigenvalue weighted by Gasteiger charge is -2.10. The fourth-order valence-electron chi connectivity index (χ4n) is 2.63. The van der Waals surface area contributed by atoms with Gasteiger partial charge >= 0.3 is 0 Å². The van der Waals surface area contributed by atoms with Gasteiger partial charge in [0.05, 0.1) is 15.7 Å². The van der Waals surface area contributed by atoms with Crippen molar-refractivity contribution >= 4 is 46.4 Å². The van der Waals surface area contributed by atoms with E-state index in [0.29, 0.717) is 22.0 Å². The monoisotopic (exact) mass is 429 g/mol. The topological polar surface area (TPSA) is 80.2 Å². The van der Waals surface area contributed by atoms with E-state index in [-0.39, 0.29) is 28.9 Å². The lowest BCUT2D eigenvalue weighted by Crippen LogP contribution is -2.26. The lowest BCUT2D eigenvalue weighted by atomic mass is 10.2. The summed E-state index contributed by atoms with van der Waals surface area (Å²) in [6.07, 6.45) is 1.62. The van der Waals surface area contributed by atoms with E-state index >= 15 is 0 Å². The van der Waals surface area contributed by atoms with Crippen LogP contribution in [0.2, 0.25) is 10.0 Å². The number of halogens is 2. The maximum Gasteiger partial charge on any atom is 0.255 e. The number of pyridine rings is 1. The second-order valence-corrected chi connectivity index (χ2v) is 7.14. The van der Waals surface area contributed by atoms with Gasteiger partial charge in [0, 0.05) is 23.5 Å². The molecule has 0 bridgehead atoms. The average Bonchev–Trinajstić information content (AvgIpc) is 2.69. The molecular formula is C21H17Cl2N3O3. The zero-order valence-corrected chi connectivity index (χ0v) is 16.9. The summed E-state index contributed by atoms with van der Waals surface area (Å²) in [6.45, 7) is 1.74. The first-order valence-corrected chi connectivity index (χ1v) is 9.41.